The first kappa shape index (κ1) is 23.7. The molecule has 0 spiro atoms. The highest BCUT2D eigenvalue weighted by atomic mass is 32.1. The summed E-state index contributed by atoms with van der Waals surface area (Å²) in [5.41, 5.74) is 2.71. The third kappa shape index (κ3) is 5.37. The van der Waals surface area contributed by atoms with Crippen LogP contribution in [0.3, 0.4) is 0 Å². The molecule has 0 bridgehead atoms. The summed E-state index contributed by atoms with van der Waals surface area (Å²) in [4.78, 5) is 30.3. The number of ether oxygens (including phenoxy) is 1. The SMILES string of the molecule is O=C(N=CC1CCC(CCN2CCc3sc(OC4CCC4)nc3C2)CC1)c1cccc2ncccc12. The number of benzene rings is 1. The summed E-state index contributed by atoms with van der Waals surface area (Å²) in [5.74, 6) is 1.01. The summed E-state index contributed by atoms with van der Waals surface area (Å²) in [7, 11) is 0. The fourth-order valence-corrected chi connectivity index (χ4v) is 6.60. The van der Waals surface area contributed by atoms with Gasteiger partial charge in [0, 0.05) is 35.8 Å². The maximum absolute atomic E-state index is 12.8. The minimum Gasteiger partial charge on any atom is -0.467 e. The molecule has 2 fully saturated rings. The van der Waals surface area contributed by atoms with Gasteiger partial charge in [-0.2, -0.15) is 0 Å². The largest absolute Gasteiger partial charge is 0.467 e. The lowest BCUT2D eigenvalue weighted by molar-refractivity contribution is 0.100. The standard InChI is InChI=1S/C29H34N4O2S/c34-28(24-6-2-8-25-23(24)7-3-15-30-25)31-18-21-11-9-20(10-12-21)13-16-33-17-14-27-26(19-33)32-29(36-27)35-22-4-1-5-22/h2-3,6-8,15,18,20-22H,1,4-5,9-14,16-17,19H2. The predicted octanol–water partition coefficient (Wildman–Crippen LogP) is 6.09. The molecule has 0 radical (unpaired) electrons. The van der Waals surface area contributed by atoms with Gasteiger partial charge in [0.2, 0.25) is 0 Å². The van der Waals surface area contributed by atoms with Gasteiger partial charge in [-0.15, -0.1) is 0 Å². The van der Waals surface area contributed by atoms with Crippen LogP contribution in [0.5, 0.6) is 5.19 Å². The molecule has 36 heavy (non-hydrogen) atoms. The summed E-state index contributed by atoms with van der Waals surface area (Å²) >= 11 is 1.77. The zero-order chi connectivity index (χ0) is 24.3. The van der Waals surface area contributed by atoms with Crippen LogP contribution in [0.2, 0.25) is 0 Å². The highest BCUT2D eigenvalue weighted by Gasteiger charge is 2.26. The van der Waals surface area contributed by atoms with E-state index in [0.717, 1.165) is 60.9 Å². The number of nitrogens with zero attached hydrogens (tertiary/aromatic N) is 4. The number of hydrogen-bond donors (Lipinski definition) is 0. The maximum Gasteiger partial charge on any atom is 0.277 e. The van der Waals surface area contributed by atoms with Crippen LogP contribution in [-0.2, 0) is 13.0 Å². The lowest BCUT2D eigenvalue weighted by Crippen LogP contribution is -2.32. The number of rotatable bonds is 7. The van der Waals surface area contributed by atoms with Crippen LogP contribution in [0.4, 0.5) is 0 Å². The van der Waals surface area contributed by atoms with E-state index in [1.807, 2.05) is 36.5 Å². The molecule has 1 aliphatic heterocycles. The molecule has 0 saturated heterocycles. The lowest BCUT2D eigenvalue weighted by atomic mass is 9.81. The molecule has 3 heterocycles. The number of fused-ring (bicyclic) bond motifs is 2. The van der Waals surface area contributed by atoms with Gasteiger partial charge >= 0.3 is 0 Å². The molecule has 1 amide bonds. The average Bonchev–Trinajstić information content (AvgIpc) is 3.30. The smallest absolute Gasteiger partial charge is 0.277 e. The van der Waals surface area contributed by atoms with E-state index in [9.17, 15) is 4.79 Å². The van der Waals surface area contributed by atoms with Gasteiger partial charge < -0.3 is 4.74 Å². The first-order chi connectivity index (χ1) is 17.7. The van der Waals surface area contributed by atoms with Crippen LogP contribution in [0.1, 0.15) is 72.3 Å². The van der Waals surface area contributed by atoms with Crippen molar-refractivity contribution < 1.29 is 9.53 Å². The number of amides is 1. The Hall–Kier alpha value is -2.64. The zero-order valence-electron chi connectivity index (χ0n) is 20.8. The Balaban J connectivity index is 0.954. The van der Waals surface area contributed by atoms with Crippen LogP contribution in [0, 0.1) is 11.8 Å². The van der Waals surface area contributed by atoms with Crippen molar-refractivity contribution in [3.63, 3.8) is 0 Å². The fraction of sp³-hybridized carbons (Fsp3) is 0.517. The van der Waals surface area contributed by atoms with Gasteiger partial charge in [0.05, 0.1) is 16.8 Å². The highest BCUT2D eigenvalue weighted by molar-refractivity contribution is 7.13. The predicted molar refractivity (Wildman–Crippen MR) is 144 cm³/mol. The van der Waals surface area contributed by atoms with Crippen molar-refractivity contribution in [1.29, 1.82) is 0 Å². The normalized spacial score (nSPS) is 23.0. The molecule has 2 aromatic heterocycles. The molecule has 3 aliphatic rings. The zero-order valence-corrected chi connectivity index (χ0v) is 21.6. The summed E-state index contributed by atoms with van der Waals surface area (Å²) in [6.45, 7) is 3.24. The van der Waals surface area contributed by atoms with E-state index in [1.54, 1.807) is 17.5 Å². The number of pyridine rings is 1. The Labute approximate surface area is 216 Å². The Kier molecular flexibility index (Phi) is 7.10. The molecule has 2 saturated carbocycles. The van der Waals surface area contributed by atoms with Gasteiger partial charge in [-0.1, -0.05) is 23.5 Å². The Morgan fingerprint density at radius 1 is 1.14 bits per heavy atom. The summed E-state index contributed by atoms with van der Waals surface area (Å²) in [6, 6.07) is 9.46. The van der Waals surface area contributed by atoms with Crippen LogP contribution < -0.4 is 4.74 Å². The fourth-order valence-electron chi connectivity index (χ4n) is 5.63. The quantitative estimate of drug-likeness (QED) is 0.366. The number of aliphatic imine (C=N–C) groups is 1. The van der Waals surface area contributed by atoms with Crippen LogP contribution in [-0.4, -0.2) is 46.2 Å². The molecule has 6 rings (SSSR count). The summed E-state index contributed by atoms with van der Waals surface area (Å²) < 4.78 is 6.04. The minimum atomic E-state index is -0.163. The van der Waals surface area contributed by atoms with E-state index in [0.29, 0.717) is 17.6 Å². The molecule has 6 nitrogen and oxygen atoms in total. The number of carbonyl (C=O) groups excluding carboxylic acids is 1. The molecule has 7 heteroatoms. The topological polar surface area (TPSA) is 67.7 Å². The Morgan fingerprint density at radius 2 is 2.03 bits per heavy atom. The van der Waals surface area contributed by atoms with Crippen molar-refractivity contribution in [1.82, 2.24) is 14.9 Å². The van der Waals surface area contributed by atoms with E-state index in [-0.39, 0.29) is 5.91 Å². The monoisotopic (exact) mass is 502 g/mol. The van der Waals surface area contributed by atoms with Gasteiger partial charge in [-0.3, -0.25) is 14.7 Å². The molecule has 0 N–H and O–H groups in total. The van der Waals surface area contributed by atoms with Crippen molar-refractivity contribution in [2.45, 2.75) is 70.4 Å². The van der Waals surface area contributed by atoms with Crippen molar-refractivity contribution in [2.75, 3.05) is 13.1 Å². The van der Waals surface area contributed by atoms with E-state index in [2.05, 4.69) is 14.9 Å². The van der Waals surface area contributed by atoms with Crippen molar-refractivity contribution in [2.24, 2.45) is 16.8 Å². The second kappa shape index (κ2) is 10.8. The molecule has 188 valence electrons. The van der Waals surface area contributed by atoms with Crippen molar-refractivity contribution in [3.05, 3.63) is 52.7 Å². The van der Waals surface area contributed by atoms with Gasteiger partial charge in [0.1, 0.15) is 6.10 Å². The van der Waals surface area contributed by atoms with Crippen LogP contribution in [0.25, 0.3) is 10.9 Å². The molecule has 1 aromatic carbocycles. The minimum absolute atomic E-state index is 0.163. The van der Waals surface area contributed by atoms with Crippen LogP contribution >= 0.6 is 11.3 Å². The summed E-state index contributed by atoms with van der Waals surface area (Å²) in [5, 5.41) is 1.76. The van der Waals surface area contributed by atoms with E-state index in [1.165, 1.54) is 49.1 Å². The molecule has 2 aliphatic carbocycles. The number of hydrogen-bond acceptors (Lipinski definition) is 6. The van der Waals surface area contributed by atoms with Crippen molar-refractivity contribution in [3.8, 4) is 5.19 Å². The highest BCUT2D eigenvalue weighted by Crippen LogP contribution is 2.34. The third-order valence-electron chi connectivity index (χ3n) is 8.13. The second-order valence-electron chi connectivity index (χ2n) is 10.6. The van der Waals surface area contributed by atoms with Crippen molar-refractivity contribution >= 4 is 34.4 Å². The Morgan fingerprint density at radius 3 is 2.86 bits per heavy atom. The lowest BCUT2D eigenvalue weighted by Gasteiger charge is -2.30. The summed E-state index contributed by atoms with van der Waals surface area (Å²) in [6.07, 6.45) is 14.8. The number of carbonyl (C=O) groups is 1. The van der Waals surface area contributed by atoms with E-state index < -0.39 is 0 Å². The third-order valence-corrected chi connectivity index (χ3v) is 9.18. The first-order valence-electron chi connectivity index (χ1n) is 13.5. The molecular weight excluding hydrogens is 468 g/mol. The van der Waals surface area contributed by atoms with E-state index >= 15 is 0 Å². The number of thiazole rings is 1. The van der Waals surface area contributed by atoms with Crippen LogP contribution in [0.15, 0.2) is 41.5 Å². The van der Waals surface area contributed by atoms with E-state index in [4.69, 9.17) is 9.72 Å². The Bertz CT molecular complexity index is 1240. The molecular formula is C29H34N4O2S. The molecule has 0 atom stereocenters. The number of aromatic nitrogens is 2. The van der Waals surface area contributed by atoms with Gasteiger partial charge in [-0.05, 0) is 94.4 Å². The first-order valence-corrected chi connectivity index (χ1v) is 14.3. The maximum atomic E-state index is 12.8. The second-order valence-corrected chi connectivity index (χ2v) is 11.6. The average molecular weight is 503 g/mol. The van der Waals surface area contributed by atoms with Gasteiger partial charge in [0.25, 0.3) is 11.1 Å². The van der Waals surface area contributed by atoms with Gasteiger partial charge in [0.15, 0.2) is 0 Å². The molecule has 0 unspecified atom stereocenters. The molecule has 3 aromatic rings. The van der Waals surface area contributed by atoms with Gasteiger partial charge in [-0.25, -0.2) is 9.98 Å².